The molecule has 1 atom stereocenters. The summed E-state index contributed by atoms with van der Waals surface area (Å²) in [4.78, 5) is 16.5. The van der Waals surface area contributed by atoms with Crippen molar-refractivity contribution in [1.29, 1.82) is 0 Å². The number of aromatic hydroxyl groups is 1. The van der Waals surface area contributed by atoms with E-state index in [2.05, 4.69) is 18.9 Å². The largest absolute Gasteiger partial charge is 0.508 e. The van der Waals surface area contributed by atoms with Gasteiger partial charge in [-0.05, 0) is 37.7 Å². The number of rotatable bonds is 2. The minimum absolute atomic E-state index is 0.0570. The van der Waals surface area contributed by atoms with E-state index in [1.54, 1.807) is 24.3 Å². The number of phenols is 1. The summed E-state index contributed by atoms with van der Waals surface area (Å²) in [6, 6.07) is 6.91. The van der Waals surface area contributed by atoms with Crippen LogP contribution in [0.25, 0.3) is 0 Å². The van der Waals surface area contributed by atoms with Crippen LogP contribution < -0.4 is 0 Å². The summed E-state index contributed by atoms with van der Waals surface area (Å²) in [5, 5.41) is 9.23. The van der Waals surface area contributed by atoms with Crippen molar-refractivity contribution < 1.29 is 9.90 Å². The number of benzene rings is 1. The monoisotopic (exact) mass is 248 g/mol. The van der Waals surface area contributed by atoms with E-state index in [0.29, 0.717) is 11.6 Å². The molecule has 1 heterocycles. The lowest BCUT2D eigenvalue weighted by Crippen LogP contribution is -2.52. The highest BCUT2D eigenvalue weighted by Crippen LogP contribution is 2.16. The molecule has 1 saturated heterocycles. The average Bonchev–Trinajstić information content (AvgIpc) is 2.39. The Morgan fingerprint density at radius 1 is 1.33 bits per heavy atom. The molecule has 0 aromatic heterocycles. The van der Waals surface area contributed by atoms with Gasteiger partial charge in [-0.2, -0.15) is 0 Å². The summed E-state index contributed by atoms with van der Waals surface area (Å²) >= 11 is 0. The zero-order valence-electron chi connectivity index (χ0n) is 11.0. The zero-order chi connectivity index (χ0) is 13.1. The van der Waals surface area contributed by atoms with Crippen LogP contribution in [0.2, 0.25) is 0 Å². The molecule has 0 saturated carbocycles. The van der Waals surface area contributed by atoms with Crippen molar-refractivity contribution in [3.8, 4) is 5.75 Å². The van der Waals surface area contributed by atoms with Gasteiger partial charge in [0.25, 0.3) is 5.91 Å². The maximum absolute atomic E-state index is 12.3. The second-order valence-corrected chi connectivity index (χ2v) is 4.84. The van der Waals surface area contributed by atoms with Crippen molar-refractivity contribution in [2.45, 2.75) is 19.4 Å². The first-order chi connectivity index (χ1) is 8.61. The van der Waals surface area contributed by atoms with Crippen LogP contribution >= 0.6 is 0 Å². The molecule has 0 bridgehead atoms. The van der Waals surface area contributed by atoms with E-state index in [0.717, 1.165) is 26.1 Å². The number of phenolic OH excluding ortho intramolecular Hbond substituents is 1. The van der Waals surface area contributed by atoms with Crippen molar-refractivity contribution in [2.24, 2.45) is 0 Å². The summed E-state index contributed by atoms with van der Waals surface area (Å²) in [5.74, 6) is 0.248. The minimum atomic E-state index is 0.0570. The number of likely N-dealkylation sites (N-methyl/N-ethyl adjacent to an activating group) is 1. The van der Waals surface area contributed by atoms with Crippen LogP contribution in [0.5, 0.6) is 5.75 Å². The van der Waals surface area contributed by atoms with Crippen LogP contribution in [0.1, 0.15) is 23.7 Å². The highest BCUT2D eigenvalue weighted by Gasteiger charge is 2.26. The van der Waals surface area contributed by atoms with Crippen LogP contribution in [-0.2, 0) is 0 Å². The summed E-state index contributed by atoms with van der Waals surface area (Å²) in [6.45, 7) is 4.62. The Hall–Kier alpha value is -1.55. The molecule has 98 valence electrons. The van der Waals surface area contributed by atoms with Gasteiger partial charge < -0.3 is 10.0 Å². The van der Waals surface area contributed by atoms with Gasteiger partial charge in [-0.3, -0.25) is 9.69 Å². The Bertz CT molecular complexity index is 416. The van der Waals surface area contributed by atoms with Gasteiger partial charge in [0, 0.05) is 31.2 Å². The molecule has 1 fully saturated rings. The lowest BCUT2D eigenvalue weighted by Gasteiger charge is -2.39. The van der Waals surface area contributed by atoms with Crippen LogP contribution in [0.4, 0.5) is 0 Å². The van der Waals surface area contributed by atoms with Crippen molar-refractivity contribution >= 4 is 5.91 Å². The quantitative estimate of drug-likeness (QED) is 0.863. The van der Waals surface area contributed by atoms with Gasteiger partial charge >= 0.3 is 0 Å². The molecule has 0 radical (unpaired) electrons. The van der Waals surface area contributed by atoms with Gasteiger partial charge in [0.15, 0.2) is 0 Å². The Morgan fingerprint density at radius 3 is 2.61 bits per heavy atom. The highest BCUT2D eigenvalue weighted by atomic mass is 16.3. The second kappa shape index (κ2) is 5.40. The fourth-order valence-corrected chi connectivity index (χ4v) is 2.36. The number of hydrogen-bond donors (Lipinski definition) is 1. The molecule has 4 nitrogen and oxygen atoms in total. The number of amides is 1. The summed E-state index contributed by atoms with van der Waals surface area (Å²) < 4.78 is 0. The molecule has 2 rings (SSSR count). The summed E-state index contributed by atoms with van der Waals surface area (Å²) in [5.41, 5.74) is 0.646. The first-order valence-electron chi connectivity index (χ1n) is 6.40. The molecule has 1 aliphatic heterocycles. The van der Waals surface area contributed by atoms with E-state index in [9.17, 15) is 9.90 Å². The third kappa shape index (κ3) is 2.64. The molecular formula is C14H20N2O2. The van der Waals surface area contributed by atoms with E-state index in [-0.39, 0.29) is 11.7 Å². The Labute approximate surface area is 108 Å². The second-order valence-electron chi connectivity index (χ2n) is 4.84. The van der Waals surface area contributed by atoms with E-state index >= 15 is 0 Å². The fraction of sp³-hybridized carbons (Fsp3) is 0.500. The van der Waals surface area contributed by atoms with Gasteiger partial charge in [-0.25, -0.2) is 0 Å². The third-order valence-corrected chi connectivity index (χ3v) is 3.65. The van der Waals surface area contributed by atoms with E-state index in [1.165, 1.54) is 0 Å². The van der Waals surface area contributed by atoms with Gasteiger partial charge in [-0.15, -0.1) is 0 Å². The lowest BCUT2D eigenvalue weighted by atomic mass is 10.1. The molecule has 1 amide bonds. The van der Waals surface area contributed by atoms with Gasteiger partial charge in [-0.1, -0.05) is 6.92 Å². The summed E-state index contributed by atoms with van der Waals surface area (Å²) in [7, 11) is 2.11. The average molecular weight is 248 g/mol. The Kier molecular flexibility index (Phi) is 3.87. The molecule has 1 unspecified atom stereocenters. The van der Waals surface area contributed by atoms with E-state index in [4.69, 9.17) is 0 Å². The first kappa shape index (κ1) is 12.9. The molecule has 1 aromatic rings. The minimum Gasteiger partial charge on any atom is -0.508 e. The van der Waals surface area contributed by atoms with Gasteiger partial charge in [0.1, 0.15) is 5.75 Å². The smallest absolute Gasteiger partial charge is 0.253 e. The Morgan fingerprint density at radius 2 is 2.00 bits per heavy atom. The molecule has 4 heteroatoms. The van der Waals surface area contributed by atoms with Crippen LogP contribution in [0.15, 0.2) is 24.3 Å². The molecule has 1 aliphatic rings. The van der Waals surface area contributed by atoms with Crippen molar-refractivity contribution in [2.75, 3.05) is 26.7 Å². The maximum atomic E-state index is 12.3. The molecule has 1 aromatic carbocycles. The third-order valence-electron chi connectivity index (χ3n) is 3.65. The number of carbonyl (C=O) groups excluding carboxylic acids is 1. The molecular weight excluding hydrogens is 228 g/mol. The number of nitrogens with zero attached hydrogens (tertiary/aromatic N) is 2. The predicted octanol–water partition coefficient (Wildman–Crippen LogP) is 1.56. The first-order valence-corrected chi connectivity index (χ1v) is 6.40. The fourth-order valence-electron chi connectivity index (χ4n) is 2.36. The molecule has 18 heavy (non-hydrogen) atoms. The van der Waals surface area contributed by atoms with Gasteiger partial charge in [0.2, 0.25) is 0 Å². The van der Waals surface area contributed by atoms with Crippen molar-refractivity contribution in [3.63, 3.8) is 0 Å². The molecule has 0 aliphatic carbocycles. The zero-order valence-corrected chi connectivity index (χ0v) is 11.0. The summed E-state index contributed by atoms with van der Waals surface area (Å²) in [6.07, 6.45) is 1.05. The predicted molar refractivity (Wildman–Crippen MR) is 70.7 cm³/mol. The molecule has 0 spiro atoms. The van der Waals surface area contributed by atoms with Crippen LogP contribution in [0, 0.1) is 0 Å². The van der Waals surface area contributed by atoms with Crippen LogP contribution in [0.3, 0.4) is 0 Å². The number of carbonyl (C=O) groups is 1. The lowest BCUT2D eigenvalue weighted by molar-refractivity contribution is 0.0542. The standard InChI is InChI=1S/C14H20N2O2/c1-3-12-10-16(9-8-15(12)2)14(18)11-4-6-13(17)7-5-11/h4-7,12,17H,3,8-10H2,1-2H3. The van der Waals surface area contributed by atoms with Crippen LogP contribution in [-0.4, -0.2) is 53.5 Å². The van der Waals surface area contributed by atoms with Gasteiger partial charge in [0.05, 0.1) is 0 Å². The topological polar surface area (TPSA) is 43.8 Å². The van der Waals surface area contributed by atoms with Crippen molar-refractivity contribution in [1.82, 2.24) is 9.80 Å². The maximum Gasteiger partial charge on any atom is 0.253 e. The normalized spacial score (nSPS) is 21.0. The van der Waals surface area contributed by atoms with Crippen molar-refractivity contribution in [3.05, 3.63) is 29.8 Å². The number of piperazine rings is 1. The molecule has 1 N–H and O–H groups in total. The Balaban J connectivity index is 2.07. The highest BCUT2D eigenvalue weighted by molar-refractivity contribution is 5.94. The number of hydrogen-bond acceptors (Lipinski definition) is 3. The van der Waals surface area contributed by atoms with E-state index < -0.39 is 0 Å². The SMILES string of the molecule is CCC1CN(C(=O)c2ccc(O)cc2)CCN1C. The van der Waals surface area contributed by atoms with E-state index in [1.807, 2.05) is 4.90 Å².